The van der Waals surface area contributed by atoms with E-state index >= 15 is 0 Å². The molecule has 0 saturated heterocycles. The number of aromatic nitrogens is 1. The van der Waals surface area contributed by atoms with Crippen LogP contribution in [-0.2, 0) is 4.79 Å². The zero-order valence-electron chi connectivity index (χ0n) is 7.20. The molecular weight excluding hydrogens is 200 g/mol. The van der Waals surface area contributed by atoms with E-state index in [4.69, 9.17) is 11.6 Å². The van der Waals surface area contributed by atoms with E-state index in [1.165, 1.54) is 0 Å². The van der Waals surface area contributed by atoms with Crippen LogP contribution in [0.1, 0.15) is 0 Å². The van der Waals surface area contributed by atoms with Crippen molar-refractivity contribution in [3.05, 3.63) is 35.5 Å². The smallest absolute Gasteiger partial charge is 0.211 e. The number of pyridine rings is 1. The normalized spacial score (nSPS) is 10.1. The Morgan fingerprint density at radius 1 is 1.29 bits per heavy atom. The highest BCUT2D eigenvalue weighted by Crippen LogP contribution is 2.22. The maximum Gasteiger partial charge on any atom is 0.211 e. The van der Waals surface area contributed by atoms with Crippen LogP contribution < -0.4 is 5.32 Å². The van der Waals surface area contributed by atoms with Crippen LogP contribution in [0, 0.1) is 0 Å². The lowest BCUT2D eigenvalue weighted by Gasteiger charge is -2.03. The number of halogens is 1. The Bertz CT molecular complexity index is 485. The molecule has 1 N–H and O–H groups in total. The predicted molar refractivity (Wildman–Crippen MR) is 56.4 cm³/mol. The van der Waals surface area contributed by atoms with Crippen molar-refractivity contribution in [2.45, 2.75) is 0 Å². The Morgan fingerprint density at radius 3 is 2.93 bits per heavy atom. The Balaban J connectivity index is 2.70. The van der Waals surface area contributed by atoms with Crippen LogP contribution in [0.25, 0.3) is 10.9 Å². The van der Waals surface area contributed by atoms with E-state index in [-0.39, 0.29) is 0 Å². The Hall–Kier alpha value is -1.61. The molecule has 0 fully saturated rings. The molecule has 3 nitrogen and oxygen atoms in total. The molecule has 1 heterocycles. The first kappa shape index (κ1) is 8.97. The largest absolute Gasteiger partial charge is 0.327 e. The fourth-order valence-electron chi connectivity index (χ4n) is 1.30. The summed E-state index contributed by atoms with van der Waals surface area (Å²) >= 11 is 5.76. The molecule has 1 amide bonds. The number of hydrogen-bond acceptors (Lipinski definition) is 2. The molecule has 0 atom stereocenters. The van der Waals surface area contributed by atoms with Crippen LogP contribution >= 0.6 is 11.6 Å². The molecule has 0 unspecified atom stereocenters. The molecule has 0 aliphatic rings. The fraction of sp³-hybridized carbons (Fsp3) is 0. The minimum absolute atomic E-state index is 0.414. The van der Waals surface area contributed by atoms with Crippen LogP contribution in [0.5, 0.6) is 0 Å². The van der Waals surface area contributed by atoms with Gasteiger partial charge in [-0.05, 0) is 18.2 Å². The van der Waals surface area contributed by atoms with Crippen molar-refractivity contribution in [2.75, 3.05) is 5.32 Å². The number of fused-ring (bicyclic) bond motifs is 1. The number of anilines is 1. The second-order valence-corrected chi connectivity index (χ2v) is 3.16. The third-order valence-corrected chi connectivity index (χ3v) is 2.11. The van der Waals surface area contributed by atoms with Gasteiger partial charge in [0, 0.05) is 5.39 Å². The molecule has 4 heteroatoms. The van der Waals surface area contributed by atoms with Gasteiger partial charge in [-0.3, -0.25) is 4.79 Å². The minimum atomic E-state index is 0.414. The lowest BCUT2D eigenvalue weighted by molar-refractivity contribution is -0.105. The number of nitrogens with zero attached hydrogens (tertiary/aromatic N) is 1. The van der Waals surface area contributed by atoms with Gasteiger partial charge in [-0.2, -0.15) is 0 Å². The molecule has 2 rings (SSSR count). The van der Waals surface area contributed by atoms with E-state index in [2.05, 4.69) is 10.3 Å². The molecule has 14 heavy (non-hydrogen) atoms. The Kier molecular flexibility index (Phi) is 2.33. The second kappa shape index (κ2) is 3.64. The number of nitrogens with one attached hydrogen (secondary N) is 1. The number of rotatable bonds is 2. The maximum absolute atomic E-state index is 10.3. The van der Waals surface area contributed by atoms with Gasteiger partial charge in [0.15, 0.2) is 0 Å². The third kappa shape index (κ3) is 1.54. The van der Waals surface area contributed by atoms with Crippen LogP contribution in [0.3, 0.4) is 0 Å². The average molecular weight is 207 g/mol. The van der Waals surface area contributed by atoms with Crippen LogP contribution in [0.4, 0.5) is 5.69 Å². The summed E-state index contributed by atoms with van der Waals surface area (Å²) in [5.41, 5.74) is 1.37. The first-order chi connectivity index (χ1) is 6.81. The molecule has 2 aromatic rings. The lowest BCUT2D eigenvalue weighted by atomic mass is 10.2. The average Bonchev–Trinajstić information content (AvgIpc) is 2.19. The van der Waals surface area contributed by atoms with Crippen molar-refractivity contribution >= 4 is 34.6 Å². The number of amides is 1. The molecule has 0 bridgehead atoms. The highest BCUT2D eigenvalue weighted by Gasteiger charge is 2.01. The maximum atomic E-state index is 10.3. The molecule has 0 aliphatic carbocycles. The summed E-state index contributed by atoms with van der Waals surface area (Å²) in [6.07, 6.45) is 0.622. The van der Waals surface area contributed by atoms with Gasteiger partial charge in [-0.25, -0.2) is 4.98 Å². The van der Waals surface area contributed by atoms with Gasteiger partial charge in [-0.1, -0.05) is 23.7 Å². The number of benzene rings is 1. The highest BCUT2D eigenvalue weighted by molar-refractivity contribution is 6.29. The fourth-order valence-corrected chi connectivity index (χ4v) is 1.45. The number of carbonyl (C=O) groups excluding carboxylic acids is 1. The quantitative estimate of drug-likeness (QED) is 0.606. The standard InChI is InChI=1S/C10H7ClN2O/c11-9-5-4-7-2-1-3-8(12-6-14)10(7)13-9/h1-6H,(H,12,14). The van der Waals surface area contributed by atoms with Gasteiger partial charge in [0.05, 0.1) is 11.2 Å². The lowest BCUT2D eigenvalue weighted by Crippen LogP contribution is -1.95. The van der Waals surface area contributed by atoms with Crippen molar-refractivity contribution in [1.29, 1.82) is 0 Å². The number of para-hydroxylation sites is 1. The predicted octanol–water partition coefficient (Wildman–Crippen LogP) is 2.46. The van der Waals surface area contributed by atoms with Crippen molar-refractivity contribution in [1.82, 2.24) is 4.98 Å². The van der Waals surface area contributed by atoms with Crippen molar-refractivity contribution in [3.8, 4) is 0 Å². The molecule has 70 valence electrons. The van der Waals surface area contributed by atoms with Crippen LogP contribution in [0.2, 0.25) is 5.15 Å². The summed E-state index contributed by atoms with van der Waals surface area (Å²) in [4.78, 5) is 14.5. The topological polar surface area (TPSA) is 42.0 Å². The van der Waals surface area contributed by atoms with E-state index < -0.39 is 0 Å². The first-order valence-electron chi connectivity index (χ1n) is 4.07. The van der Waals surface area contributed by atoms with E-state index in [1.54, 1.807) is 12.1 Å². The molecule has 0 aliphatic heterocycles. The Morgan fingerprint density at radius 2 is 2.14 bits per heavy atom. The highest BCUT2D eigenvalue weighted by atomic mass is 35.5. The van der Waals surface area contributed by atoms with Gasteiger partial charge in [0.25, 0.3) is 0 Å². The monoisotopic (exact) mass is 206 g/mol. The summed E-state index contributed by atoms with van der Waals surface area (Å²) in [6.45, 7) is 0. The van der Waals surface area contributed by atoms with Gasteiger partial charge >= 0.3 is 0 Å². The van der Waals surface area contributed by atoms with Gasteiger partial charge in [-0.15, -0.1) is 0 Å². The zero-order chi connectivity index (χ0) is 9.97. The van der Waals surface area contributed by atoms with Crippen LogP contribution in [-0.4, -0.2) is 11.4 Å². The number of hydrogen-bond donors (Lipinski definition) is 1. The van der Waals surface area contributed by atoms with E-state index in [0.717, 1.165) is 5.39 Å². The van der Waals surface area contributed by atoms with E-state index in [1.807, 2.05) is 18.2 Å². The number of carbonyl (C=O) groups is 1. The zero-order valence-corrected chi connectivity index (χ0v) is 7.95. The summed E-state index contributed by atoms with van der Waals surface area (Å²) in [7, 11) is 0. The third-order valence-electron chi connectivity index (χ3n) is 1.90. The summed E-state index contributed by atoms with van der Waals surface area (Å²) in [5, 5.41) is 3.94. The molecule has 0 spiro atoms. The van der Waals surface area contributed by atoms with Crippen molar-refractivity contribution < 1.29 is 4.79 Å². The molecule has 0 saturated carbocycles. The molecule has 1 aromatic heterocycles. The van der Waals surface area contributed by atoms with E-state index in [0.29, 0.717) is 22.8 Å². The summed E-state index contributed by atoms with van der Waals surface area (Å²) < 4.78 is 0. The summed E-state index contributed by atoms with van der Waals surface area (Å²) in [5.74, 6) is 0. The van der Waals surface area contributed by atoms with Gasteiger partial charge < -0.3 is 5.32 Å². The Labute approximate surface area is 85.7 Å². The van der Waals surface area contributed by atoms with E-state index in [9.17, 15) is 4.79 Å². The van der Waals surface area contributed by atoms with Crippen molar-refractivity contribution in [3.63, 3.8) is 0 Å². The first-order valence-corrected chi connectivity index (χ1v) is 4.44. The van der Waals surface area contributed by atoms with Crippen LogP contribution in [0.15, 0.2) is 30.3 Å². The molecular formula is C10H7ClN2O. The molecule has 0 radical (unpaired) electrons. The van der Waals surface area contributed by atoms with Gasteiger partial charge in [0.1, 0.15) is 5.15 Å². The minimum Gasteiger partial charge on any atom is -0.327 e. The summed E-state index contributed by atoms with van der Waals surface area (Å²) in [6, 6.07) is 9.12. The SMILES string of the molecule is O=CNc1cccc2ccc(Cl)nc12. The van der Waals surface area contributed by atoms with Gasteiger partial charge in [0.2, 0.25) is 6.41 Å². The second-order valence-electron chi connectivity index (χ2n) is 2.77. The van der Waals surface area contributed by atoms with Crippen molar-refractivity contribution in [2.24, 2.45) is 0 Å². The molecule has 1 aromatic carbocycles.